The third-order valence-electron chi connectivity index (χ3n) is 3.04. The monoisotopic (exact) mass is 236 g/mol. The van der Waals surface area contributed by atoms with Crippen molar-refractivity contribution in [2.24, 2.45) is 5.73 Å². The maximum Gasteiger partial charge on any atom is 0.0479 e. The SMILES string of the molecule is CCC(N)c1ccc(N(C)CCCOC)cc1. The van der Waals surface area contributed by atoms with Gasteiger partial charge in [0.05, 0.1) is 0 Å². The Bertz CT molecular complexity index is 311. The molecule has 0 aromatic heterocycles. The highest BCUT2D eigenvalue weighted by Crippen LogP contribution is 2.19. The van der Waals surface area contributed by atoms with Gasteiger partial charge in [-0.3, -0.25) is 0 Å². The summed E-state index contributed by atoms with van der Waals surface area (Å²) in [6.45, 7) is 3.92. The molecule has 0 bridgehead atoms. The smallest absolute Gasteiger partial charge is 0.0479 e. The number of hydrogen-bond acceptors (Lipinski definition) is 3. The van der Waals surface area contributed by atoms with Gasteiger partial charge >= 0.3 is 0 Å². The Hall–Kier alpha value is -1.06. The van der Waals surface area contributed by atoms with Crippen molar-refractivity contribution in [3.8, 4) is 0 Å². The molecule has 0 radical (unpaired) electrons. The largest absolute Gasteiger partial charge is 0.385 e. The quantitative estimate of drug-likeness (QED) is 0.739. The summed E-state index contributed by atoms with van der Waals surface area (Å²) in [5, 5.41) is 0. The van der Waals surface area contributed by atoms with E-state index in [2.05, 4.69) is 43.1 Å². The molecule has 2 N–H and O–H groups in total. The molecule has 1 rings (SSSR count). The van der Waals surface area contributed by atoms with Crippen LogP contribution in [0.25, 0.3) is 0 Å². The molecule has 1 atom stereocenters. The van der Waals surface area contributed by atoms with E-state index in [0.717, 1.165) is 26.0 Å². The summed E-state index contributed by atoms with van der Waals surface area (Å²) in [4.78, 5) is 2.24. The second-order valence-electron chi connectivity index (χ2n) is 4.37. The molecule has 0 aliphatic carbocycles. The van der Waals surface area contributed by atoms with Gasteiger partial charge in [-0.1, -0.05) is 19.1 Å². The Morgan fingerprint density at radius 1 is 1.29 bits per heavy atom. The van der Waals surface area contributed by atoms with Crippen LogP contribution in [0.2, 0.25) is 0 Å². The zero-order valence-corrected chi connectivity index (χ0v) is 11.1. The molecule has 96 valence electrons. The van der Waals surface area contributed by atoms with Crippen molar-refractivity contribution < 1.29 is 4.74 Å². The summed E-state index contributed by atoms with van der Waals surface area (Å²) >= 11 is 0. The van der Waals surface area contributed by atoms with Gasteiger partial charge in [-0.15, -0.1) is 0 Å². The number of benzene rings is 1. The third-order valence-corrected chi connectivity index (χ3v) is 3.04. The predicted octanol–water partition coefficient (Wildman–Crippen LogP) is 2.57. The third kappa shape index (κ3) is 4.36. The first-order valence-electron chi connectivity index (χ1n) is 6.24. The Kier molecular flexibility index (Phi) is 6.01. The average molecular weight is 236 g/mol. The van der Waals surface area contributed by atoms with Gasteiger partial charge in [-0.05, 0) is 30.5 Å². The van der Waals surface area contributed by atoms with Crippen LogP contribution in [-0.2, 0) is 4.74 Å². The molecule has 0 aliphatic heterocycles. The van der Waals surface area contributed by atoms with Gasteiger partial charge in [-0.2, -0.15) is 0 Å². The van der Waals surface area contributed by atoms with Gasteiger partial charge in [0.1, 0.15) is 0 Å². The highest BCUT2D eigenvalue weighted by molar-refractivity contribution is 5.47. The number of ether oxygens (including phenoxy) is 1. The molecule has 3 nitrogen and oxygen atoms in total. The zero-order chi connectivity index (χ0) is 12.7. The minimum Gasteiger partial charge on any atom is -0.385 e. The summed E-state index contributed by atoms with van der Waals surface area (Å²) < 4.78 is 5.05. The van der Waals surface area contributed by atoms with Crippen LogP contribution >= 0.6 is 0 Å². The standard InChI is InChI=1S/C14H24N2O/c1-4-14(15)12-6-8-13(9-7-12)16(2)10-5-11-17-3/h6-9,14H,4-5,10-11,15H2,1-3H3. The van der Waals surface area contributed by atoms with Crippen LogP contribution in [0.15, 0.2) is 24.3 Å². The Morgan fingerprint density at radius 3 is 2.47 bits per heavy atom. The molecule has 17 heavy (non-hydrogen) atoms. The lowest BCUT2D eigenvalue weighted by Crippen LogP contribution is -2.19. The number of methoxy groups -OCH3 is 1. The molecule has 1 aromatic rings. The topological polar surface area (TPSA) is 38.5 Å². The van der Waals surface area contributed by atoms with Crippen molar-refractivity contribution >= 4 is 5.69 Å². The van der Waals surface area contributed by atoms with Crippen LogP contribution in [0.1, 0.15) is 31.4 Å². The molecule has 0 spiro atoms. The molecule has 0 fully saturated rings. The summed E-state index contributed by atoms with van der Waals surface area (Å²) in [7, 11) is 3.84. The van der Waals surface area contributed by atoms with Crippen molar-refractivity contribution in [3.63, 3.8) is 0 Å². The summed E-state index contributed by atoms with van der Waals surface area (Å²) in [6, 6.07) is 8.67. The van der Waals surface area contributed by atoms with Crippen LogP contribution in [0, 0.1) is 0 Å². The van der Waals surface area contributed by atoms with E-state index in [1.165, 1.54) is 11.3 Å². The van der Waals surface area contributed by atoms with Crippen LogP contribution in [0.3, 0.4) is 0 Å². The Morgan fingerprint density at radius 2 is 1.94 bits per heavy atom. The normalized spacial score (nSPS) is 12.5. The predicted molar refractivity (Wildman–Crippen MR) is 73.4 cm³/mol. The van der Waals surface area contributed by atoms with E-state index < -0.39 is 0 Å². The van der Waals surface area contributed by atoms with Crippen LogP contribution < -0.4 is 10.6 Å². The first kappa shape index (κ1) is 14.0. The van der Waals surface area contributed by atoms with Crippen LogP contribution in [0.5, 0.6) is 0 Å². The number of nitrogens with zero attached hydrogens (tertiary/aromatic N) is 1. The molecule has 0 saturated heterocycles. The molecule has 0 saturated carbocycles. The van der Waals surface area contributed by atoms with Gasteiger partial charge in [-0.25, -0.2) is 0 Å². The van der Waals surface area contributed by atoms with E-state index in [-0.39, 0.29) is 6.04 Å². The summed E-state index contributed by atoms with van der Waals surface area (Å²) in [5.74, 6) is 0. The van der Waals surface area contributed by atoms with E-state index in [1.807, 2.05) is 0 Å². The second kappa shape index (κ2) is 7.30. The number of hydrogen-bond donors (Lipinski definition) is 1. The fraction of sp³-hybridized carbons (Fsp3) is 0.571. The number of rotatable bonds is 7. The highest BCUT2D eigenvalue weighted by Gasteiger charge is 2.04. The van der Waals surface area contributed by atoms with Crippen molar-refractivity contribution in [2.75, 3.05) is 32.2 Å². The molecule has 1 aromatic carbocycles. The maximum atomic E-state index is 5.99. The van der Waals surface area contributed by atoms with Gasteiger partial charge in [0.15, 0.2) is 0 Å². The lowest BCUT2D eigenvalue weighted by molar-refractivity contribution is 0.196. The van der Waals surface area contributed by atoms with Crippen LogP contribution in [0.4, 0.5) is 5.69 Å². The summed E-state index contributed by atoms with van der Waals surface area (Å²) in [6.07, 6.45) is 2.02. The van der Waals surface area contributed by atoms with Crippen LogP contribution in [-0.4, -0.2) is 27.3 Å². The minimum atomic E-state index is 0.155. The van der Waals surface area contributed by atoms with Gasteiger partial charge in [0.2, 0.25) is 0 Å². The molecule has 0 heterocycles. The lowest BCUT2D eigenvalue weighted by Gasteiger charge is -2.20. The number of anilines is 1. The van der Waals surface area contributed by atoms with E-state index in [4.69, 9.17) is 10.5 Å². The van der Waals surface area contributed by atoms with Gasteiger partial charge in [0.25, 0.3) is 0 Å². The van der Waals surface area contributed by atoms with E-state index in [1.54, 1.807) is 7.11 Å². The average Bonchev–Trinajstić information content (AvgIpc) is 2.38. The molecule has 0 aliphatic rings. The van der Waals surface area contributed by atoms with Crippen molar-refractivity contribution in [1.82, 2.24) is 0 Å². The lowest BCUT2D eigenvalue weighted by atomic mass is 10.1. The van der Waals surface area contributed by atoms with Crippen molar-refractivity contribution in [1.29, 1.82) is 0 Å². The zero-order valence-electron chi connectivity index (χ0n) is 11.1. The Labute approximate surface area is 105 Å². The molecular weight excluding hydrogens is 212 g/mol. The molecule has 1 unspecified atom stereocenters. The van der Waals surface area contributed by atoms with Crippen molar-refractivity contribution in [2.45, 2.75) is 25.8 Å². The second-order valence-corrected chi connectivity index (χ2v) is 4.37. The first-order chi connectivity index (χ1) is 8.19. The molecule has 0 amide bonds. The van der Waals surface area contributed by atoms with E-state index in [0.29, 0.717) is 0 Å². The molecular formula is C14H24N2O. The fourth-order valence-corrected chi connectivity index (χ4v) is 1.79. The summed E-state index contributed by atoms with van der Waals surface area (Å²) in [5.41, 5.74) is 8.43. The fourth-order valence-electron chi connectivity index (χ4n) is 1.79. The Balaban J connectivity index is 2.54. The van der Waals surface area contributed by atoms with Gasteiger partial charge in [0, 0.05) is 39.0 Å². The highest BCUT2D eigenvalue weighted by atomic mass is 16.5. The van der Waals surface area contributed by atoms with E-state index >= 15 is 0 Å². The first-order valence-corrected chi connectivity index (χ1v) is 6.24. The number of nitrogens with two attached hydrogens (primary N) is 1. The van der Waals surface area contributed by atoms with E-state index in [9.17, 15) is 0 Å². The van der Waals surface area contributed by atoms with Gasteiger partial charge < -0.3 is 15.4 Å². The molecule has 3 heteroatoms. The minimum absolute atomic E-state index is 0.155. The maximum absolute atomic E-state index is 5.99. The van der Waals surface area contributed by atoms with Crippen molar-refractivity contribution in [3.05, 3.63) is 29.8 Å².